The van der Waals surface area contributed by atoms with Crippen LogP contribution >= 0.6 is 34.2 Å². The van der Waals surface area contributed by atoms with Crippen molar-refractivity contribution < 1.29 is 14.4 Å². The number of ether oxygens (including phenoxy) is 1. The standard InChI is InChI=1S/C11H10ClIN4O3/c12-9-8-10(16-11(13)15-9)17(5-14-8)20-7(18)3-6-1-2-19-4-6/h5-6H,1-4H2. The average molecular weight is 409 g/mol. The van der Waals surface area contributed by atoms with Gasteiger partial charge in [0.15, 0.2) is 8.98 Å². The summed E-state index contributed by atoms with van der Waals surface area (Å²) in [5.74, 6) is -0.125. The molecule has 1 aliphatic rings. The minimum absolute atomic E-state index is 0.218. The number of fused-ring (bicyclic) bond motifs is 1. The molecule has 2 aromatic rings. The van der Waals surface area contributed by atoms with Gasteiger partial charge in [-0.15, -0.1) is 4.73 Å². The van der Waals surface area contributed by atoms with Crippen molar-refractivity contribution in [1.82, 2.24) is 19.7 Å². The van der Waals surface area contributed by atoms with Gasteiger partial charge >= 0.3 is 5.97 Å². The van der Waals surface area contributed by atoms with E-state index in [1.165, 1.54) is 11.1 Å². The highest BCUT2D eigenvalue weighted by Gasteiger charge is 2.21. The van der Waals surface area contributed by atoms with E-state index in [2.05, 4.69) is 15.0 Å². The van der Waals surface area contributed by atoms with E-state index in [0.717, 1.165) is 6.42 Å². The predicted molar refractivity (Wildman–Crippen MR) is 78.2 cm³/mol. The molecule has 0 radical (unpaired) electrons. The molecule has 20 heavy (non-hydrogen) atoms. The van der Waals surface area contributed by atoms with Gasteiger partial charge in [0, 0.05) is 29.2 Å². The topological polar surface area (TPSA) is 79.1 Å². The lowest BCUT2D eigenvalue weighted by Gasteiger charge is -2.07. The molecule has 1 fully saturated rings. The molecule has 1 unspecified atom stereocenters. The molecule has 1 saturated heterocycles. The largest absolute Gasteiger partial charge is 0.381 e. The first-order valence-corrected chi connectivity index (χ1v) is 7.44. The number of rotatable bonds is 3. The monoisotopic (exact) mass is 408 g/mol. The van der Waals surface area contributed by atoms with Gasteiger partial charge in [-0.1, -0.05) is 11.6 Å². The van der Waals surface area contributed by atoms with Gasteiger partial charge in [-0.2, -0.15) is 4.98 Å². The Labute approximate surface area is 132 Å². The zero-order valence-corrected chi connectivity index (χ0v) is 13.2. The third kappa shape index (κ3) is 2.86. The molecule has 0 bridgehead atoms. The summed E-state index contributed by atoms with van der Waals surface area (Å²) in [6.45, 7) is 1.30. The van der Waals surface area contributed by atoms with Crippen molar-refractivity contribution in [2.75, 3.05) is 13.2 Å². The van der Waals surface area contributed by atoms with Gasteiger partial charge in [-0.3, -0.25) is 0 Å². The van der Waals surface area contributed by atoms with Crippen LogP contribution in [0.3, 0.4) is 0 Å². The van der Waals surface area contributed by atoms with Crippen molar-refractivity contribution in [2.24, 2.45) is 5.92 Å². The Kier molecular flexibility index (Phi) is 4.03. The Morgan fingerprint density at radius 1 is 1.60 bits per heavy atom. The molecule has 0 amide bonds. The fourth-order valence-corrected chi connectivity index (χ4v) is 2.84. The van der Waals surface area contributed by atoms with Crippen LogP contribution in [0.25, 0.3) is 11.2 Å². The Hall–Kier alpha value is -1.000. The minimum atomic E-state index is -0.343. The number of nitrogens with zero attached hydrogens (tertiary/aromatic N) is 4. The highest BCUT2D eigenvalue weighted by molar-refractivity contribution is 14.1. The maximum atomic E-state index is 11.9. The summed E-state index contributed by atoms with van der Waals surface area (Å²) in [5.41, 5.74) is 0.787. The van der Waals surface area contributed by atoms with E-state index < -0.39 is 0 Å². The lowest BCUT2D eigenvalue weighted by molar-refractivity contribution is -0.144. The van der Waals surface area contributed by atoms with Gasteiger partial charge < -0.3 is 9.57 Å². The number of carbonyl (C=O) groups is 1. The zero-order chi connectivity index (χ0) is 14.1. The average Bonchev–Trinajstić information content (AvgIpc) is 3.00. The molecule has 0 spiro atoms. The van der Waals surface area contributed by atoms with Crippen LogP contribution in [0.1, 0.15) is 12.8 Å². The highest BCUT2D eigenvalue weighted by Crippen LogP contribution is 2.20. The molecule has 1 atom stereocenters. The number of halogens is 2. The molecule has 3 heterocycles. The minimum Gasteiger partial charge on any atom is -0.381 e. The third-order valence-corrected chi connectivity index (χ3v) is 3.72. The summed E-state index contributed by atoms with van der Waals surface area (Å²) < 4.78 is 6.91. The summed E-state index contributed by atoms with van der Waals surface area (Å²) >= 11 is 7.90. The molecule has 0 saturated carbocycles. The second kappa shape index (κ2) is 5.78. The molecule has 9 heteroatoms. The molecule has 106 valence electrons. The normalized spacial score (nSPS) is 18.6. The summed E-state index contributed by atoms with van der Waals surface area (Å²) in [4.78, 5) is 29.3. The van der Waals surface area contributed by atoms with Gasteiger partial charge in [0.2, 0.25) is 5.65 Å². The van der Waals surface area contributed by atoms with Crippen LogP contribution in [0, 0.1) is 9.75 Å². The molecule has 3 rings (SSSR count). The molecule has 7 nitrogen and oxygen atoms in total. The Morgan fingerprint density at radius 3 is 3.20 bits per heavy atom. The fraction of sp³-hybridized carbons (Fsp3) is 0.455. The van der Waals surface area contributed by atoms with Crippen molar-refractivity contribution >= 4 is 51.3 Å². The van der Waals surface area contributed by atoms with Crippen LogP contribution in [-0.2, 0) is 9.53 Å². The van der Waals surface area contributed by atoms with E-state index in [-0.39, 0.29) is 17.0 Å². The Balaban J connectivity index is 1.78. The van der Waals surface area contributed by atoms with Gasteiger partial charge in [-0.25, -0.2) is 14.8 Å². The lowest BCUT2D eigenvalue weighted by Crippen LogP contribution is -2.22. The molecule has 1 aliphatic heterocycles. The maximum Gasteiger partial charge on any atom is 0.333 e. The molecular weight excluding hydrogens is 399 g/mol. The predicted octanol–water partition coefficient (Wildman–Crippen LogP) is 1.47. The van der Waals surface area contributed by atoms with E-state index in [1.54, 1.807) is 0 Å². The quantitative estimate of drug-likeness (QED) is 0.435. The number of hydrogen-bond acceptors (Lipinski definition) is 6. The Bertz CT molecular complexity index is 656. The van der Waals surface area contributed by atoms with Crippen molar-refractivity contribution in [3.63, 3.8) is 0 Å². The lowest BCUT2D eigenvalue weighted by atomic mass is 10.1. The summed E-state index contributed by atoms with van der Waals surface area (Å²) in [5, 5.41) is 0.235. The van der Waals surface area contributed by atoms with E-state index in [1.807, 2.05) is 22.6 Å². The van der Waals surface area contributed by atoms with Gasteiger partial charge in [0.1, 0.15) is 11.8 Å². The highest BCUT2D eigenvalue weighted by atomic mass is 127. The number of aromatic nitrogens is 4. The first-order valence-electron chi connectivity index (χ1n) is 5.98. The fourth-order valence-electron chi connectivity index (χ4n) is 2.01. The molecule has 0 N–H and O–H groups in total. The summed E-state index contributed by atoms with van der Waals surface area (Å²) in [7, 11) is 0. The van der Waals surface area contributed by atoms with E-state index in [4.69, 9.17) is 21.2 Å². The van der Waals surface area contributed by atoms with Crippen LogP contribution in [0.5, 0.6) is 0 Å². The van der Waals surface area contributed by atoms with Crippen molar-refractivity contribution in [3.8, 4) is 0 Å². The molecule has 0 aromatic carbocycles. The van der Waals surface area contributed by atoms with Gasteiger partial charge in [0.05, 0.1) is 13.0 Å². The van der Waals surface area contributed by atoms with Crippen LogP contribution in [-0.4, -0.2) is 38.9 Å². The first-order chi connectivity index (χ1) is 9.63. The molecular formula is C11H10ClIN4O3. The summed E-state index contributed by atoms with van der Waals surface area (Å²) in [6.07, 6.45) is 2.56. The second-order valence-electron chi connectivity index (χ2n) is 4.42. The SMILES string of the molecule is O=C(CC1CCOC1)On1cnc2c(Cl)nc(I)nc21. The van der Waals surface area contributed by atoms with Crippen LogP contribution in [0.4, 0.5) is 0 Å². The van der Waals surface area contributed by atoms with E-state index >= 15 is 0 Å². The third-order valence-electron chi connectivity index (χ3n) is 2.98. The second-order valence-corrected chi connectivity index (χ2v) is 5.75. The van der Waals surface area contributed by atoms with Crippen LogP contribution in [0.15, 0.2) is 6.33 Å². The number of hydrogen-bond donors (Lipinski definition) is 0. The van der Waals surface area contributed by atoms with Crippen molar-refractivity contribution in [1.29, 1.82) is 0 Å². The molecule has 0 aliphatic carbocycles. The molecule has 2 aromatic heterocycles. The van der Waals surface area contributed by atoms with E-state index in [0.29, 0.717) is 34.6 Å². The van der Waals surface area contributed by atoms with Crippen molar-refractivity contribution in [3.05, 3.63) is 15.3 Å². The smallest absolute Gasteiger partial charge is 0.333 e. The van der Waals surface area contributed by atoms with Gasteiger partial charge in [0.25, 0.3) is 0 Å². The zero-order valence-electron chi connectivity index (χ0n) is 10.3. The van der Waals surface area contributed by atoms with E-state index in [9.17, 15) is 4.79 Å². The maximum absolute atomic E-state index is 11.9. The van der Waals surface area contributed by atoms with Gasteiger partial charge in [-0.05, 0) is 12.3 Å². The Morgan fingerprint density at radius 2 is 2.45 bits per heavy atom. The van der Waals surface area contributed by atoms with Crippen molar-refractivity contribution in [2.45, 2.75) is 12.8 Å². The van der Waals surface area contributed by atoms with Crippen LogP contribution in [0.2, 0.25) is 5.15 Å². The van der Waals surface area contributed by atoms with Crippen LogP contribution < -0.4 is 4.84 Å². The number of carbonyl (C=O) groups excluding carboxylic acids is 1. The first kappa shape index (κ1) is 14.0. The summed E-state index contributed by atoms with van der Waals surface area (Å²) in [6, 6.07) is 0. The number of imidazole rings is 1.